The Morgan fingerprint density at radius 1 is 1.07 bits per heavy atom. The number of carboxylic acids is 1. The monoisotopic (exact) mass is 420 g/mol. The molecule has 0 radical (unpaired) electrons. The SMILES string of the molecule is CCCOc1ccc([C@@H](CC(=O)O)NS(=O)(=O)c2ccc(NC(C)=O)cc2)cc1. The van der Waals surface area contributed by atoms with Gasteiger partial charge in [0.15, 0.2) is 0 Å². The van der Waals surface area contributed by atoms with Crippen LogP contribution in [0.4, 0.5) is 5.69 Å². The van der Waals surface area contributed by atoms with Crippen molar-refractivity contribution in [3.05, 3.63) is 54.1 Å². The minimum atomic E-state index is -3.98. The Hall–Kier alpha value is -2.91. The first-order valence-corrected chi connectivity index (χ1v) is 10.5. The number of sulfonamides is 1. The maximum absolute atomic E-state index is 12.7. The normalized spacial score (nSPS) is 12.2. The van der Waals surface area contributed by atoms with Gasteiger partial charge in [0.1, 0.15) is 5.75 Å². The highest BCUT2D eigenvalue weighted by atomic mass is 32.2. The van der Waals surface area contributed by atoms with Crippen LogP contribution in [0.5, 0.6) is 5.75 Å². The van der Waals surface area contributed by atoms with Crippen molar-refractivity contribution in [2.75, 3.05) is 11.9 Å². The van der Waals surface area contributed by atoms with E-state index in [9.17, 15) is 23.1 Å². The van der Waals surface area contributed by atoms with Crippen molar-refractivity contribution >= 4 is 27.6 Å². The molecule has 1 amide bonds. The predicted octanol–water partition coefficient (Wildman–Crippen LogP) is 2.93. The van der Waals surface area contributed by atoms with Crippen molar-refractivity contribution in [1.82, 2.24) is 4.72 Å². The second-order valence-corrected chi connectivity index (χ2v) is 8.11. The smallest absolute Gasteiger partial charge is 0.305 e. The van der Waals surface area contributed by atoms with E-state index in [2.05, 4.69) is 10.0 Å². The number of nitrogens with one attached hydrogen (secondary N) is 2. The highest BCUT2D eigenvalue weighted by Crippen LogP contribution is 2.24. The molecule has 0 spiro atoms. The molecule has 2 rings (SSSR count). The van der Waals surface area contributed by atoms with E-state index < -0.39 is 28.5 Å². The zero-order chi connectivity index (χ0) is 21.4. The second kappa shape index (κ2) is 10.0. The summed E-state index contributed by atoms with van der Waals surface area (Å²) >= 11 is 0. The number of anilines is 1. The van der Waals surface area contributed by atoms with Crippen molar-refractivity contribution in [3.63, 3.8) is 0 Å². The summed E-state index contributed by atoms with van der Waals surface area (Å²) in [6.45, 7) is 3.88. The second-order valence-electron chi connectivity index (χ2n) is 6.39. The lowest BCUT2D eigenvalue weighted by molar-refractivity contribution is -0.137. The fraction of sp³-hybridized carbons (Fsp3) is 0.300. The third kappa shape index (κ3) is 6.88. The van der Waals surface area contributed by atoms with Crippen LogP contribution < -0.4 is 14.8 Å². The quantitative estimate of drug-likeness (QED) is 0.543. The van der Waals surface area contributed by atoms with Crippen molar-refractivity contribution in [3.8, 4) is 5.75 Å². The van der Waals surface area contributed by atoms with Gasteiger partial charge in [-0.3, -0.25) is 9.59 Å². The molecule has 0 aliphatic heterocycles. The molecule has 2 aromatic carbocycles. The summed E-state index contributed by atoms with van der Waals surface area (Å²) in [6.07, 6.45) is 0.433. The summed E-state index contributed by atoms with van der Waals surface area (Å²) < 4.78 is 33.4. The lowest BCUT2D eigenvalue weighted by Crippen LogP contribution is -2.30. The summed E-state index contributed by atoms with van der Waals surface area (Å²) in [4.78, 5) is 22.3. The molecule has 0 saturated carbocycles. The van der Waals surface area contributed by atoms with Gasteiger partial charge in [0.05, 0.1) is 24.0 Å². The van der Waals surface area contributed by atoms with Crippen molar-refractivity contribution in [2.45, 2.75) is 37.6 Å². The van der Waals surface area contributed by atoms with Crippen LogP contribution in [-0.2, 0) is 19.6 Å². The minimum absolute atomic E-state index is 0.0371. The Balaban J connectivity index is 2.21. The molecule has 156 valence electrons. The van der Waals surface area contributed by atoms with Gasteiger partial charge in [0.25, 0.3) is 0 Å². The number of rotatable bonds is 10. The first-order valence-electron chi connectivity index (χ1n) is 9.06. The third-order valence-corrected chi connectivity index (χ3v) is 5.40. The summed E-state index contributed by atoms with van der Waals surface area (Å²) in [5.41, 5.74) is 0.968. The lowest BCUT2D eigenvalue weighted by atomic mass is 10.0. The van der Waals surface area contributed by atoms with Crippen LogP contribution in [0.25, 0.3) is 0 Å². The van der Waals surface area contributed by atoms with E-state index in [1.807, 2.05) is 6.92 Å². The Labute approximate surface area is 169 Å². The van der Waals surface area contributed by atoms with Crippen LogP contribution in [0.1, 0.15) is 38.3 Å². The van der Waals surface area contributed by atoms with E-state index in [-0.39, 0.29) is 10.8 Å². The molecule has 0 heterocycles. The van der Waals surface area contributed by atoms with Crippen LogP contribution in [0, 0.1) is 0 Å². The van der Waals surface area contributed by atoms with Gasteiger partial charge in [0.2, 0.25) is 15.9 Å². The molecule has 3 N–H and O–H groups in total. The molecule has 2 aromatic rings. The van der Waals surface area contributed by atoms with Gasteiger partial charge >= 0.3 is 5.97 Å². The fourth-order valence-corrected chi connectivity index (χ4v) is 3.82. The van der Waals surface area contributed by atoms with Gasteiger partial charge < -0.3 is 15.2 Å². The summed E-state index contributed by atoms with van der Waals surface area (Å²) in [6, 6.07) is 11.3. The van der Waals surface area contributed by atoms with Crippen molar-refractivity contribution in [2.24, 2.45) is 0 Å². The van der Waals surface area contributed by atoms with Crippen LogP contribution in [-0.4, -0.2) is 32.0 Å². The third-order valence-electron chi connectivity index (χ3n) is 3.92. The van der Waals surface area contributed by atoms with Crippen LogP contribution >= 0.6 is 0 Å². The molecule has 0 fully saturated rings. The number of ether oxygens (including phenoxy) is 1. The number of hydrogen-bond acceptors (Lipinski definition) is 5. The average Bonchev–Trinajstić information content (AvgIpc) is 2.65. The number of amides is 1. The number of carbonyl (C=O) groups is 2. The van der Waals surface area contributed by atoms with E-state index >= 15 is 0 Å². The molecule has 0 bridgehead atoms. The summed E-state index contributed by atoms with van der Waals surface area (Å²) in [5.74, 6) is -0.780. The zero-order valence-electron chi connectivity index (χ0n) is 16.2. The maximum Gasteiger partial charge on any atom is 0.305 e. The van der Waals surface area contributed by atoms with Gasteiger partial charge in [-0.2, -0.15) is 0 Å². The van der Waals surface area contributed by atoms with Gasteiger partial charge in [-0.05, 0) is 48.4 Å². The van der Waals surface area contributed by atoms with Crippen LogP contribution in [0.3, 0.4) is 0 Å². The fourth-order valence-electron chi connectivity index (χ4n) is 2.59. The van der Waals surface area contributed by atoms with E-state index in [0.717, 1.165) is 6.42 Å². The Bertz CT molecular complexity index is 940. The molecule has 29 heavy (non-hydrogen) atoms. The molecular weight excluding hydrogens is 396 g/mol. The first-order chi connectivity index (χ1) is 13.7. The highest BCUT2D eigenvalue weighted by molar-refractivity contribution is 7.89. The van der Waals surface area contributed by atoms with Gasteiger partial charge in [-0.25, -0.2) is 13.1 Å². The molecule has 8 nitrogen and oxygen atoms in total. The van der Waals surface area contributed by atoms with E-state index in [4.69, 9.17) is 4.74 Å². The minimum Gasteiger partial charge on any atom is -0.494 e. The first kappa shape index (κ1) is 22.4. The molecule has 0 aliphatic rings. The largest absolute Gasteiger partial charge is 0.494 e. The molecule has 0 saturated heterocycles. The topological polar surface area (TPSA) is 122 Å². The van der Waals surface area contributed by atoms with Gasteiger partial charge in [0, 0.05) is 12.6 Å². The number of benzene rings is 2. The standard InChI is InChI=1S/C20H24N2O6S/c1-3-12-28-17-8-4-15(5-9-17)19(13-20(24)25)22-29(26,27)18-10-6-16(7-11-18)21-14(2)23/h4-11,19,22H,3,12-13H2,1-2H3,(H,21,23)(H,24,25)/t19-/m1/s1. The van der Waals surface area contributed by atoms with E-state index in [1.54, 1.807) is 24.3 Å². The molecule has 0 aromatic heterocycles. The van der Waals surface area contributed by atoms with Gasteiger partial charge in [-0.1, -0.05) is 19.1 Å². The molecular formula is C20H24N2O6S. The van der Waals surface area contributed by atoms with E-state index in [1.165, 1.54) is 31.2 Å². The average molecular weight is 420 g/mol. The van der Waals surface area contributed by atoms with Crippen LogP contribution in [0.2, 0.25) is 0 Å². The Kier molecular flexibility index (Phi) is 7.74. The Morgan fingerprint density at radius 3 is 2.21 bits per heavy atom. The maximum atomic E-state index is 12.7. The number of aliphatic carboxylic acids is 1. The Morgan fingerprint density at radius 2 is 1.69 bits per heavy atom. The van der Waals surface area contributed by atoms with Crippen LogP contribution in [0.15, 0.2) is 53.4 Å². The number of hydrogen-bond donors (Lipinski definition) is 3. The number of carboxylic acid groups (broad SMARTS) is 1. The van der Waals surface area contributed by atoms with Crippen molar-refractivity contribution < 1.29 is 27.9 Å². The summed E-state index contributed by atoms with van der Waals surface area (Å²) in [5, 5.41) is 11.8. The molecule has 0 unspecified atom stereocenters. The number of carbonyl (C=O) groups excluding carboxylic acids is 1. The van der Waals surface area contributed by atoms with Gasteiger partial charge in [-0.15, -0.1) is 0 Å². The lowest BCUT2D eigenvalue weighted by Gasteiger charge is -2.18. The zero-order valence-corrected chi connectivity index (χ0v) is 17.0. The molecule has 1 atom stereocenters. The summed E-state index contributed by atoms with van der Waals surface area (Å²) in [7, 11) is -3.98. The van der Waals surface area contributed by atoms with E-state index in [0.29, 0.717) is 23.6 Å². The molecule has 0 aliphatic carbocycles. The highest BCUT2D eigenvalue weighted by Gasteiger charge is 2.23. The predicted molar refractivity (Wildman–Crippen MR) is 108 cm³/mol. The molecule has 9 heteroatoms. The van der Waals surface area contributed by atoms with Crippen molar-refractivity contribution in [1.29, 1.82) is 0 Å².